The number of nitrogens with one attached hydrogen (secondary N) is 1. The Hall–Kier alpha value is -1.84. The Labute approximate surface area is 88.7 Å². The number of aliphatic imine (C=N–C) groups is 1. The quantitative estimate of drug-likeness (QED) is 0.589. The maximum absolute atomic E-state index is 10.9. The minimum absolute atomic E-state index is 0.253. The SMILES string of the molecule is CCN=C(C)Nc1ccccc1C(=O)O. The minimum Gasteiger partial charge on any atom is -0.478 e. The van der Waals surface area contributed by atoms with Gasteiger partial charge < -0.3 is 10.4 Å². The summed E-state index contributed by atoms with van der Waals surface area (Å²) in [5.74, 6) is -0.228. The molecule has 4 heteroatoms. The molecule has 1 aromatic carbocycles. The molecule has 0 aromatic heterocycles. The molecule has 15 heavy (non-hydrogen) atoms. The van der Waals surface area contributed by atoms with Gasteiger partial charge in [0.25, 0.3) is 0 Å². The van der Waals surface area contributed by atoms with Gasteiger partial charge in [0.05, 0.1) is 17.1 Å². The van der Waals surface area contributed by atoms with Crippen LogP contribution >= 0.6 is 0 Å². The van der Waals surface area contributed by atoms with Gasteiger partial charge >= 0.3 is 5.97 Å². The van der Waals surface area contributed by atoms with Gasteiger partial charge in [-0.25, -0.2) is 4.79 Å². The molecule has 0 aliphatic heterocycles. The fourth-order valence-corrected chi connectivity index (χ4v) is 1.25. The van der Waals surface area contributed by atoms with E-state index >= 15 is 0 Å². The predicted molar refractivity (Wildman–Crippen MR) is 60.7 cm³/mol. The maximum atomic E-state index is 10.9. The van der Waals surface area contributed by atoms with Gasteiger partial charge in [0.2, 0.25) is 0 Å². The smallest absolute Gasteiger partial charge is 0.337 e. The monoisotopic (exact) mass is 206 g/mol. The van der Waals surface area contributed by atoms with E-state index in [2.05, 4.69) is 10.3 Å². The Morgan fingerprint density at radius 3 is 2.73 bits per heavy atom. The summed E-state index contributed by atoms with van der Waals surface area (Å²) >= 11 is 0. The Bertz CT molecular complexity index is 386. The van der Waals surface area contributed by atoms with Crippen LogP contribution < -0.4 is 5.32 Å². The zero-order chi connectivity index (χ0) is 11.3. The van der Waals surface area contributed by atoms with Crippen LogP contribution in [0.1, 0.15) is 24.2 Å². The largest absolute Gasteiger partial charge is 0.478 e. The average molecular weight is 206 g/mol. The van der Waals surface area contributed by atoms with Crippen molar-refractivity contribution in [3.05, 3.63) is 29.8 Å². The Morgan fingerprint density at radius 2 is 2.13 bits per heavy atom. The molecule has 2 N–H and O–H groups in total. The van der Waals surface area contributed by atoms with Crippen molar-refractivity contribution in [3.63, 3.8) is 0 Å². The number of carbonyl (C=O) groups is 1. The van der Waals surface area contributed by atoms with Crippen LogP contribution in [0.5, 0.6) is 0 Å². The van der Waals surface area contributed by atoms with Crippen molar-refractivity contribution in [2.24, 2.45) is 4.99 Å². The van der Waals surface area contributed by atoms with E-state index in [0.29, 0.717) is 18.1 Å². The van der Waals surface area contributed by atoms with E-state index in [1.165, 1.54) is 0 Å². The molecule has 0 radical (unpaired) electrons. The van der Waals surface area contributed by atoms with Crippen molar-refractivity contribution in [1.82, 2.24) is 0 Å². The van der Waals surface area contributed by atoms with Crippen LogP contribution in [0.25, 0.3) is 0 Å². The van der Waals surface area contributed by atoms with Gasteiger partial charge in [0, 0.05) is 6.54 Å². The van der Waals surface area contributed by atoms with Crippen molar-refractivity contribution in [1.29, 1.82) is 0 Å². The first-order valence-corrected chi connectivity index (χ1v) is 4.75. The summed E-state index contributed by atoms with van der Waals surface area (Å²) in [7, 11) is 0. The molecule has 0 bridgehead atoms. The van der Waals surface area contributed by atoms with Crippen molar-refractivity contribution < 1.29 is 9.90 Å². The van der Waals surface area contributed by atoms with E-state index in [1.54, 1.807) is 24.3 Å². The summed E-state index contributed by atoms with van der Waals surface area (Å²) in [6.45, 7) is 4.41. The third-order valence-electron chi connectivity index (χ3n) is 1.87. The molecule has 0 unspecified atom stereocenters. The van der Waals surface area contributed by atoms with Gasteiger partial charge in [0.15, 0.2) is 0 Å². The lowest BCUT2D eigenvalue weighted by molar-refractivity contribution is 0.0698. The molecule has 0 aliphatic rings. The highest BCUT2D eigenvalue weighted by Gasteiger charge is 2.08. The van der Waals surface area contributed by atoms with Gasteiger partial charge in [0.1, 0.15) is 0 Å². The Morgan fingerprint density at radius 1 is 1.47 bits per heavy atom. The van der Waals surface area contributed by atoms with Crippen LogP contribution in [0.2, 0.25) is 0 Å². The van der Waals surface area contributed by atoms with E-state index in [1.807, 2.05) is 13.8 Å². The average Bonchev–Trinajstić information content (AvgIpc) is 2.18. The fraction of sp³-hybridized carbons (Fsp3) is 0.273. The van der Waals surface area contributed by atoms with E-state index in [9.17, 15) is 4.79 Å². The second-order valence-electron chi connectivity index (χ2n) is 3.04. The number of carboxylic acids is 1. The highest BCUT2D eigenvalue weighted by molar-refractivity contribution is 6.01. The van der Waals surface area contributed by atoms with Gasteiger partial charge in [-0.2, -0.15) is 0 Å². The van der Waals surface area contributed by atoms with E-state index in [0.717, 1.165) is 0 Å². The van der Waals surface area contributed by atoms with Crippen LogP contribution in [-0.4, -0.2) is 23.5 Å². The Balaban J connectivity index is 2.94. The number of amidine groups is 1. The first-order chi connectivity index (χ1) is 7.15. The first kappa shape index (κ1) is 11.2. The zero-order valence-corrected chi connectivity index (χ0v) is 8.82. The normalized spacial score (nSPS) is 11.2. The molecule has 0 saturated heterocycles. The second kappa shape index (κ2) is 5.14. The van der Waals surface area contributed by atoms with Crippen molar-refractivity contribution >= 4 is 17.5 Å². The number of hydrogen-bond acceptors (Lipinski definition) is 2. The van der Waals surface area contributed by atoms with Crippen LogP contribution in [0.3, 0.4) is 0 Å². The van der Waals surface area contributed by atoms with Crippen molar-refractivity contribution in [2.75, 3.05) is 11.9 Å². The predicted octanol–water partition coefficient (Wildman–Crippen LogP) is 2.23. The fourth-order valence-electron chi connectivity index (χ4n) is 1.25. The third kappa shape index (κ3) is 3.09. The van der Waals surface area contributed by atoms with Gasteiger partial charge in [-0.15, -0.1) is 0 Å². The van der Waals surface area contributed by atoms with Crippen molar-refractivity contribution in [2.45, 2.75) is 13.8 Å². The highest BCUT2D eigenvalue weighted by Crippen LogP contribution is 2.14. The summed E-state index contributed by atoms with van der Waals surface area (Å²) in [6.07, 6.45) is 0. The zero-order valence-electron chi connectivity index (χ0n) is 8.82. The van der Waals surface area contributed by atoms with Gasteiger partial charge in [-0.05, 0) is 26.0 Å². The van der Waals surface area contributed by atoms with Crippen LogP contribution in [0.15, 0.2) is 29.3 Å². The molecule has 1 rings (SSSR count). The molecule has 1 aromatic rings. The molecular weight excluding hydrogens is 192 g/mol. The molecular formula is C11H14N2O2. The summed E-state index contributed by atoms with van der Waals surface area (Å²) in [5.41, 5.74) is 0.822. The van der Waals surface area contributed by atoms with Gasteiger partial charge in [-0.1, -0.05) is 12.1 Å². The molecule has 0 spiro atoms. The lowest BCUT2D eigenvalue weighted by Gasteiger charge is -2.08. The molecule has 0 amide bonds. The summed E-state index contributed by atoms with van der Waals surface area (Å²) in [5, 5.41) is 11.9. The molecule has 0 fully saturated rings. The second-order valence-corrected chi connectivity index (χ2v) is 3.04. The molecule has 0 aliphatic carbocycles. The maximum Gasteiger partial charge on any atom is 0.337 e. The molecule has 4 nitrogen and oxygen atoms in total. The number of aromatic carboxylic acids is 1. The molecule has 0 heterocycles. The lowest BCUT2D eigenvalue weighted by atomic mass is 10.2. The number of benzene rings is 1. The standard InChI is InChI=1S/C11H14N2O2/c1-3-12-8(2)13-10-7-5-4-6-9(10)11(14)15/h4-7H,3H2,1-2H3,(H,12,13)(H,14,15). The number of rotatable bonds is 3. The van der Waals surface area contributed by atoms with E-state index < -0.39 is 5.97 Å². The van der Waals surface area contributed by atoms with Gasteiger partial charge in [-0.3, -0.25) is 4.99 Å². The summed E-state index contributed by atoms with van der Waals surface area (Å²) < 4.78 is 0. The number of anilines is 1. The van der Waals surface area contributed by atoms with Crippen LogP contribution in [-0.2, 0) is 0 Å². The summed E-state index contributed by atoms with van der Waals surface area (Å²) in [6, 6.07) is 6.76. The highest BCUT2D eigenvalue weighted by atomic mass is 16.4. The summed E-state index contributed by atoms with van der Waals surface area (Å²) in [4.78, 5) is 15.0. The Kier molecular flexibility index (Phi) is 3.85. The molecule has 0 saturated carbocycles. The number of para-hydroxylation sites is 1. The van der Waals surface area contributed by atoms with Crippen molar-refractivity contribution in [3.8, 4) is 0 Å². The topological polar surface area (TPSA) is 61.7 Å². The van der Waals surface area contributed by atoms with E-state index in [4.69, 9.17) is 5.11 Å². The minimum atomic E-state index is -0.942. The molecule has 80 valence electrons. The lowest BCUT2D eigenvalue weighted by Crippen LogP contribution is -2.11. The van der Waals surface area contributed by atoms with Crippen LogP contribution in [0.4, 0.5) is 5.69 Å². The molecule has 0 atom stereocenters. The number of carboxylic acid groups (broad SMARTS) is 1. The number of nitrogens with zero attached hydrogens (tertiary/aromatic N) is 1. The first-order valence-electron chi connectivity index (χ1n) is 4.75. The third-order valence-corrected chi connectivity index (χ3v) is 1.87. The number of hydrogen-bond donors (Lipinski definition) is 2. The van der Waals surface area contributed by atoms with Crippen LogP contribution in [0, 0.1) is 0 Å². The van der Waals surface area contributed by atoms with E-state index in [-0.39, 0.29) is 5.56 Å².